The van der Waals surface area contributed by atoms with Crippen LogP contribution in [0, 0.1) is 0 Å². The molecule has 0 aliphatic carbocycles. The van der Waals surface area contributed by atoms with Gasteiger partial charge in [0, 0.05) is 12.8 Å². The first kappa shape index (κ1) is 29.6. The molecule has 0 radical (unpaired) electrons. The summed E-state index contributed by atoms with van der Waals surface area (Å²) in [5.74, 6) is -2.61. The van der Waals surface area contributed by atoms with Crippen LogP contribution in [0.15, 0.2) is 0 Å². The minimum absolute atomic E-state index is 0.0628. The highest BCUT2D eigenvalue weighted by Gasteiger charge is 2.09. The van der Waals surface area contributed by atoms with Crippen LogP contribution in [-0.2, 0) is 14.4 Å². The van der Waals surface area contributed by atoms with E-state index in [0.29, 0.717) is 19.3 Å². The summed E-state index contributed by atoms with van der Waals surface area (Å²) in [5, 5.41) is 24.9. The zero-order valence-electron chi connectivity index (χ0n) is 18.2. The second-order valence-corrected chi connectivity index (χ2v) is 7.62. The highest BCUT2D eigenvalue weighted by molar-refractivity contribution is 5.72. The van der Waals surface area contributed by atoms with E-state index in [-0.39, 0.29) is 12.8 Å². The Morgan fingerprint density at radius 2 is 0.966 bits per heavy atom. The predicted octanol–water partition coefficient (Wildman–Crippen LogP) is 5.21. The van der Waals surface area contributed by atoms with E-state index < -0.39 is 23.9 Å². The van der Waals surface area contributed by atoms with Gasteiger partial charge in [-0.1, -0.05) is 84.0 Å². The normalized spacial score (nSPS) is 11.4. The van der Waals surface area contributed by atoms with E-state index in [0.717, 1.165) is 12.8 Å². The van der Waals surface area contributed by atoms with Gasteiger partial charge in [-0.15, -0.1) is 0 Å². The van der Waals surface area contributed by atoms with Crippen molar-refractivity contribution in [3.8, 4) is 0 Å². The molecule has 1 atom stereocenters. The van der Waals surface area contributed by atoms with Gasteiger partial charge in [0.05, 0.1) is 0 Å². The van der Waals surface area contributed by atoms with Crippen LogP contribution in [0.3, 0.4) is 0 Å². The quantitative estimate of drug-likeness (QED) is 0.212. The summed E-state index contributed by atoms with van der Waals surface area (Å²) in [7, 11) is 0. The maximum Gasteiger partial charge on any atom is 0.320 e. The zero-order chi connectivity index (χ0) is 22.3. The molecule has 7 nitrogen and oxygen atoms in total. The summed E-state index contributed by atoms with van der Waals surface area (Å²) < 4.78 is 0. The van der Waals surface area contributed by atoms with E-state index in [1.807, 2.05) is 0 Å². The maximum atomic E-state index is 10.5. The number of hydrogen-bond donors (Lipinski definition) is 4. The first-order valence-corrected chi connectivity index (χ1v) is 11.2. The Balaban J connectivity index is 0. The summed E-state index contributed by atoms with van der Waals surface area (Å²) in [6.07, 6.45) is 17.2. The van der Waals surface area contributed by atoms with Crippen molar-refractivity contribution < 1.29 is 29.7 Å². The summed E-state index contributed by atoms with van der Waals surface area (Å²) in [5.41, 5.74) is 5.45. The number of nitrogens with two attached hydrogens (primary N) is 1. The van der Waals surface area contributed by atoms with Crippen LogP contribution in [0.2, 0.25) is 0 Å². The number of unbranched alkanes of at least 4 members (excludes halogenated alkanes) is 12. The van der Waals surface area contributed by atoms with Crippen molar-refractivity contribution in [3.63, 3.8) is 0 Å². The van der Waals surface area contributed by atoms with Crippen molar-refractivity contribution in [2.24, 2.45) is 5.73 Å². The lowest BCUT2D eigenvalue weighted by Gasteiger charge is -2.05. The van der Waals surface area contributed by atoms with Gasteiger partial charge in [0.15, 0.2) is 0 Å². The molecule has 5 N–H and O–H groups in total. The van der Waals surface area contributed by atoms with Gasteiger partial charge in [-0.05, 0) is 19.3 Å². The van der Waals surface area contributed by atoms with Crippen LogP contribution < -0.4 is 5.73 Å². The largest absolute Gasteiger partial charge is 0.481 e. The average Bonchev–Trinajstić information content (AvgIpc) is 2.66. The van der Waals surface area contributed by atoms with Crippen LogP contribution in [0.4, 0.5) is 0 Å². The molecular formula is C22H43NO6. The number of carboxylic acid groups (broad SMARTS) is 3. The lowest BCUT2D eigenvalue weighted by molar-refractivity contribution is -0.139. The first-order chi connectivity index (χ1) is 13.8. The van der Waals surface area contributed by atoms with Crippen molar-refractivity contribution in [3.05, 3.63) is 0 Å². The fourth-order valence-corrected chi connectivity index (χ4v) is 2.88. The van der Waals surface area contributed by atoms with Crippen molar-refractivity contribution in [2.75, 3.05) is 0 Å². The Bertz CT molecular complexity index is 398. The average molecular weight is 418 g/mol. The molecule has 0 saturated heterocycles. The third-order valence-electron chi connectivity index (χ3n) is 4.72. The fourth-order valence-electron chi connectivity index (χ4n) is 2.88. The molecular weight excluding hydrogens is 374 g/mol. The molecule has 0 spiro atoms. The molecule has 0 rings (SSSR count). The van der Waals surface area contributed by atoms with Gasteiger partial charge >= 0.3 is 17.9 Å². The van der Waals surface area contributed by atoms with Crippen LogP contribution in [0.25, 0.3) is 0 Å². The maximum absolute atomic E-state index is 10.5. The summed E-state index contributed by atoms with van der Waals surface area (Å²) in [6, 6.07) is -0.664. The number of carboxylic acids is 3. The van der Waals surface area contributed by atoms with E-state index in [4.69, 9.17) is 21.1 Å². The van der Waals surface area contributed by atoms with Gasteiger partial charge in [-0.3, -0.25) is 14.4 Å². The highest BCUT2D eigenvalue weighted by atomic mass is 16.4. The second kappa shape index (κ2) is 22.7. The Labute approximate surface area is 176 Å². The molecule has 0 aromatic rings. The van der Waals surface area contributed by atoms with E-state index in [1.165, 1.54) is 64.2 Å². The third-order valence-corrected chi connectivity index (χ3v) is 4.72. The van der Waals surface area contributed by atoms with Crippen molar-refractivity contribution in [2.45, 2.75) is 122 Å². The molecule has 0 aliphatic heterocycles. The van der Waals surface area contributed by atoms with Crippen molar-refractivity contribution in [1.82, 2.24) is 0 Å². The topological polar surface area (TPSA) is 138 Å². The minimum atomic E-state index is -0.872. The highest BCUT2D eigenvalue weighted by Crippen LogP contribution is 2.12. The molecule has 7 heteroatoms. The van der Waals surface area contributed by atoms with Crippen molar-refractivity contribution in [1.29, 1.82) is 0 Å². The molecule has 0 saturated carbocycles. The van der Waals surface area contributed by atoms with E-state index in [2.05, 4.69) is 6.92 Å². The number of rotatable bonds is 19. The molecule has 0 aromatic carbocycles. The molecule has 0 fully saturated rings. The Kier molecular flexibility index (Phi) is 23.1. The van der Waals surface area contributed by atoms with Gasteiger partial charge in [-0.25, -0.2) is 0 Å². The standard InChI is InChI=1S/C16H33NO2.C6H10O4/c1-2-3-4-5-6-7-8-9-10-11-12-13-14-15(17)16(18)19;7-5(8)3-1-2-4-6(9)10/h15H,2-14,17H2,1H3,(H,18,19);1-4H2,(H,7,8)(H,9,10). The van der Waals surface area contributed by atoms with Gasteiger partial charge in [0.25, 0.3) is 0 Å². The minimum Gasteiger partial charge on any atom is -0.481 e. The third kappa shape index (κ3) is 28.7. The molecule has 0 amide bonds. The molecule has 172 valence electrons. The second-order valence-electron chi connectivity index (χ2n) is 7.62. The van der Waals surface area contributed by atoms with E-state index in [1.54, 1.807) is 0 Å². The molecule has 0 heterocycles. The monoisotopic (exact) mass is 417 g/mol. The number of aliphatic carboxylic acids is 3. The van der Waals surface area contributed by atoms with Crippen LogP contribution in [0.1, 0.15) is 116 Å². The van der Waals surface area contributed by atoms with E-state index in [9.17, 15) is 14.4 Å². The smallest absolute Gasteiger partial charge is 0.320 e. The lowest BCUT2D eigenvalue weighted by atomic mass is 10.0. The van der Waals surface area contributed by atoms with Gasteiger partial charge in [0.2, 0.25) is 0 Å². The van der Waals surface area contributed by atoms with Crippen LogP contribution in [-0.4, -0.2) is 39.3 Å². The van der Waals surface area contributed by atoms with E-state index >= 15 is 0 Å². The Morgan fingerprint density at radius 3 is 1.28 bits per heavy atom. The predicted molar refractivity (Wildman–Crippen MR) is 115 cm³/mol. The SMILES string of the molecule is CCCCCCCCCCCCCCC(N)C(=O)O.O=C(O)CCCCC(=O)O. The first-order valence-electron chi connectivity index (χ1n) is 11.2. The Hall–Kier alpha value is -1.63. The number of carbonyl (C=O) groups is 3. The molecule has 0 bridgehead atoms. The summed E-state index contributed by atoms with van der Waals surface area (Å²) in [6.45, 7) is 2.25. The molecule has 1 unspecified atom stereocenters. The van der Waals surface area contributed by atoms with Gasteiger partial charge in [0.1, 0.15) is 6.04 Å². The fraction of sp³-hybridized carbons (Fsp3) is 0.864. The lowest BCUT2D eigenvalue weighted by Crippen LogP contribution is -2.29. The Morgan fingerprint density at radius 1 is 0.621 bits per heavy atom. The molecule has 0 aromatic heterocycles. The summed E-state index contributed by atoms with van der Waals surface area (Å²) >= 11 is 0. The van der Waals surface area contributed by atoms with Crippen LogP contribution >= 0.6 is 0 Å². The van der Waals surface area contributed by atoms with Crippen LogP contribution in [0.5, 0.6) is 0 Å². The molecule has 29 heavy (non-hydrogen) atoms. The van der Waals surface area contributed by atoms with Gasteiger partial charge in [-0.2, -0.15) is 0 Å². The molecule has 0 aliphatic rings. The van der Waals surface area contributed by atoms with Crippen molar-refractivity contribution >= 4 is 17.9 Å². The number of hydrogen-bond acceptors (Lipinski definition) is 4. The summed E-state index contributed by atoms with van der Waals surface area (Å²) in [4.78, 5) is 30.3. The zero-order valence-corrected chi connectivity index (χ0v) is 18.2. The van der Waals surface area contributed by atoms with Gasteiger partial charge < -0.3 is 21.1 Å².